The number of fused-ring (bicyclic) bond motifs is 1. The minimum absolute atomic E-state index is 0.0149. The number of hydrogen-bond acceptors (Lipinski definition) is 4. The number of aryl methyl sites for hydroxylation is 1. The van der Waals surface area contributed by atoms with Crippen LogP contribution in [-0.2, 0) is 24.2 Å². The summed E-state index contributed by atoms with van der Waals surface area (Å²) in [5, 5.41) is 5.17. The van der Waals surface area contributed by atoms with Gasteiger partial charge in [0.1, 0.15) is 12.4 Å². The Labute approximate surface area is 179 Å². The Morgan fingerprint density at radius 1 is 1.34 bits per heavy atom. The fourth-order valence-electron chi connectivity index (χ4n) is 4.20. The van der Waals surface area contributed by atoms with Gasteiger partial charge in [0.2, 0.25) is 5.91 Å². The average molecular weight is 415 g/mol. The van der Waals surface area contributed by atoms with Gasteiger partial charge in [-0.2, -0.15) is 0 Å². The molecule has 4 nitrogen and oxygen atoms in total. The molecule has 0 fully saturated rings. The molecule has 1 heterocycles. The van der Waals surface area contributed by atoms with Gasteiger partial charge in [0.15, 0.2) is 0 Å². The van der Waals surface area contributed by atoms with Crippen LogP contribution in [0.4, 0.5) is 0 Å². The van der Waals surface area contributed by atoms with E-state index < -0.39 is 0 Å². The Hall–Kier alpha value is -1.85. The van der Waals surface area contributed by atoms with E-state index in [1.807, 2.05) is 11.4 Å². The lowest BCUT2D eigenvalue weighted by atomic mass is 9.74. The minimum Gasteiger partial charge on any atom is -0.492 e. The molecular formula is C24H34N2O2S. The van der Waals surface area contributed by atoms with Crippen molar-refractivity contribution in [1.29, 1.82) is 0 Å². The Morgan fingerprint density at radius 3 is 2.83 bits per heavy atom. The molecule has 0 aliphatic heterocycles. The lowest BCUT2D eigenvalue weighted by molar-refractivity contribution is -0.126. The normalized spacial score (nSPS) is 17.1. The summed E-state index contributed by atoms with van der Waals surface area (Å²) in [5.41, 5.74) is 5.43. The summed E-state index contributed by atoms with van der Waals surface area (Å²) in [5.74, 6) is 1.56. The number of rotatable bonds is 8. The highest BCUT2D eigenvalue weighted by Crippen LogP contribution is 2.37. The Balaban J connectivity index is 1.68. The number of ether oxygens (including phenoxy) is 1. The lowest BCUT2D eigenvalue weighted by Gasteiger charge is -2.31. The van der Waals surface area contributed by atoms with Gasteiger partial charge in [0.25, 0.3) is 0 Å². The molecule has 1 N–H and O–H groups in total. The third kappa shape index (κ3) is 5.40. The van der Waals surface area contributed by atoms with Crippen LogP contribution in [0.2, 0.25) is 0 Å². The van der Waals surface area contributed by atoms with Crippen LogP contribution < -0.4 is 10.1 Å². The summed E-state index contributed by atoms with van der Waals surface area (Å²) >= 11 is 1.68. The van der Waals surface area contributed by atoms with Gasteiger partial charge >= 0.3 is 0 Å². The molecule has 1 aliphatic rings. The Kier molecular flexibility index (Phi) is 7.36. The average Bonchev–Trinajstić information content (AvgIpc) is 3.22. The molecule has 0 saturated carbocycles. The molecule has 2 atom stereocenters. The van der Waals surface area contributed by atoms with Gasteiger partial charge in [-0.1, -0.05) is 13.0 Å². The maximum atomic E-state index is 12.7. The number of likely N-dealkylation sites (N-methyl/N-ethyl adjacent to an activating group) is 1. The van der Waals surface area contributed by atoms with Crippen LogP contribution in [0.5, 0.6) is 5.75 Å². The van der Waals surface area contributed by atoms with Crippen LogP contribution in [0.1, 0.15) is 40.5 Å². The van der Waals surface area contributed by atoms with Gasteiger partial charge in [0, 0.05) is 17.3 Å². The predicted octanol–water partition coefficient (Wildman–Crippen LogP) is 4.36. The third-order valence-electron chi connectivity index (χ3n) is 6.18. The van der Waals surface area contributed by atoms with Crippen LogP contribution in [0.3, 0.4) is 0 Å². The summed E-state index contributed by atoms with van der Waals surface area (Å²) < 4.78 is 6.10. The number of benzene rings is 1. The number of carbonyl (C=O) groups excluding carboxylic acids is 1. The second-order valence-electron chi connectivity index (χ2n) is 8.51. The molecule has 2 aromatic rings. The maximum absolute atomic E-state index is 12.7. The van der Waals surface area contributed by atoms with Crippen LogP contribution in [0.15, 0.2) is 23.6 Å². The van der Waals surface area contributed by atoms with Gasteiger partial charge < -0.3 is 15.0 Å². The highest BCUT2D eigenvalue weighted by molar-refractivity contribution is 7.09. The van der Waals surface area contributed by atoms with Crippen LogP contribution in [-0.4, -0.2) is 38.1 Å². The molecule has 5 heteroatoms. The van der Waals surface area contributed by atoms with E-state index in [-0.39, 0.29) is 11.8 Å². The molecule has 158 valence electrons. The first-order valence-electron chi connectivity index (χ1n) is 10.6. The van der Waals surface area contributed by atoms with Gasteiger partial charge in [-0.3, -0.25) is 4.79 Å². The number of thiophene rings is 1. The van der Waals surface area contributed by atoms with E-state index in [2.05, 4.69) is 57.2 Å². The van der Waals surface area contributed by atoms with Crippen molar-refractivity contribution in [3.8, 4) is 5.75 Å². The fraction of sp³-hybridized carbons (Fsp3) is 0.542. The van der Waals surface area contributed by atoms with Crippen molar-refractivity contribution in [2.45, 2.75) is 46.6 Å². The molecule has 1 aromatic heterocycles. The molecule has 0 saturated heterocycles. The summed E-state index contributed by atoms with van der Waals surface area (Å²) in [6, 6.07) is 6.29. The van der Waals surface area contributed by atoms with Crippen molar-refractivity contribution in [1.82, 2.24) is 10.2 Å². The van der Waals surface area contributed by atoms with Gasteiger partial charge in [-0.15, -0.1) is 11.3 Å². The van der Waals surface area contributed by atoms with Crippen molar-refractivity contribution < 1.29 is 9.53 Å². The van der Waals surface area contributed by atoms with Crippen molar-refractivity contribution in [3.05, 3.63) is 50.7 Å². The third-order valence-corrected chi connectivity index (χ3v) is 7.05. The molecular weight excluding hydrogens is 380 g/mol. The molecule has 1 amide bonds. The first kappa shape index (κ1) is 21.8. The number of carbonyl (C=O) groups is 1. The van der Waals surface area contributed by atoms with E-state index >= 15 is 0 Å². The highest BCUT2D eigenvalue weighted by atomic mass is 32.1. The second kappa shape index (κ2) is 9.77. The Bertz CT molecular complexity index is 830. The quantitative estimate of drug-likeness (QED) is 0.698. The summed E-state index contributed by atoms with van der Waals surface area (Å²) in [6.45, 7) is 8.67. The zero-order chi connectivity index (χ0) is 21.0. The zero-order valence-corrected chi connectivity index (χ0v) is 19.2. The molecule has 3 rings (SSSR count). The monoisotopic (exact) mass is 414 g/mol. The number of amides is 1. The first-order chi connectivity index (χ1) is 13.9. The van der Waals surface area contributed by atoms with E-state index in [4.69, 9.17) is 4.74 Å². The van der Waals surface area contributed by atoms with Crippen LogP contribution >= 0.6 is 11.3 Å². The lowest BCUT2D eigenvalue weighted by Crippen LogP contribution is -2.35. The van der Waals surface area contributed by atoms with Crippen molar-refractivity contribution >= 4 is 17.2 Å². The van der Waals surface area contributed by atoms with E-state index in [9.17, 15) is 4.79 Å². The highest BCUT2D eigenvalue weighted by Gasteiger charge is 2.30. The van der Waals surface area contributed by atoms with Crippen molar-refractivity contribution in [2.24, 2.45) is 11.8 Å². The maximum Gasteiger partial charge on any atom is 0.223 e. The summed E-state index contributed by atoms with van der Waals surface area (Å²) in [7, 11) is 4.12. The van der Waals surface area contributed by atoms with Crippen molar-refractivity contribution in [3.63, 3.8) is 0 Å². The second-order valence-corrected chi connectivity index (χ2v) is 9.55. The SMILES string of the molecule is Cc1cc(OCCN(C)C)c(C)c2c1CCC(C(C)C(=O)NCc1cccs1)C2. The van der Waals surface area contributed by atoms with E-state index in [1.165, 1.54) is 27.1 Å². The van der Waals surface area contributed by atoms with E-state index in [1.54, 1.807) is 11.3 Å². The van der Waals surface area contributed by atoms with Crippen LogP contribution in [0.25, 0.3) is 0 Å². The molecule has 1 aromatic carbocycles. The number of nitrogens with one attached hydrogen (secondary N) is 1. The minimum atomic E-state index is 0.0149. The van der Waals surface area contributed by atoms with Gasteiger partial charge in [-0.05, 0) is 92.9 Å². The molecule has 29 heavy (non-hydrogen) atoms. The molecule has 0 spiro atoms. The largest absolute Gasteiger partial charge is 0.492 e. The predicted molar refractivity (Wildman–Crippen MR) is 121 cm³/mol. The van der Waals surface area contributed by atoms with E-state index in [0.717, 1.165) is 31.6 Å². The summed E-state index contributed by atoms with van der Waals surface area (Å²) in [6.07, 6.45) is 3.08. The molecule has 1 aliphatic carbocycles. The topological polar surface area (TPSA) is 41.6 Å². The first-order valence-corrected chi connectivity index (χ1v) is 11.4. The molecule has 2 unspecified atom stereocenters. The Morgan fingerprint density at radius 2 is 2.14 bits per heavy atom. The fourth-order valence-corrected chi connectivity index (χ4v) is 4.85. The summed E-state index contributed by atoms with van der Waals surface area (Å²) in [4.78, 5) is 16.1. The standard InChI is InChI=1S/C24H34N2O2S/c1-16-13-23(28-11-10-26(4)5)18(3)22-14-19(8-9-21(16)22)17(2)24(27)25-15-20-7-6-12-29-20/h6-7,12-13,17,19H,8-11,14-15H2,1-5H3,(H,25,27). The molecule has 0 bridgehead atoms. The molecule has 0 radical (unpaired) electrons. The van der Waals surface area contributed by atoms with Gasteiger partial charge in [0.05, 0.1) is 6.54 Å². The smallest absolute Gasteiger partial charge is 0.223 e. The number of hydrogen-bond donors (Lipinski definition) is 1. The van der Waals surface area contributed by atoms with Crippen LogP contribution in [0, 0.1) is 25.7 Å². The number of nitrogens with zero attached hydrogens (tertiary/aromatic N) is 1. The zero-order valence-electron chi connectivity index (χ0n) is 18.4. The van der Waals surface area contributed by atoms with Gasteiger partial charge in [-0.25, -0.2) is 0 Å². The van der Waals surface area contributed by atoms with Crippen molar-refractivity contribution in [2.75, 3.05) is 27.2 Å². The van der Waals surface area contributed by atoms with E-state index in [0.29, 0.717) is 19.1 Å².